The van der Waals surface area contributed by atoms with Gasteiger partial charge in [-0.15, -0.1) is 0 Å². The van der Waals surface area contributed by atoms with Crippen LogP contribution in [0.5, 0.6) is 0 Å². The molecule has 1 aromatic rings. The van der Waals surface area contributed by atoms with E-state index in [1.54, 1.807) is 12.1 Å². The number of rotatable bonds is 3. The number of carbonyl (C=O) groups is 4. The molecule has 4 aliphatic rings. The standard InChI is InChI=1S/C16H13NO6/c1-22-15(21)16-6-8(7-16)11(16)14(20)23-17-12(18)9-4-2-3-5-10(9)13(17)19/h2-5,8,11H,6-7H2,1H3. The first-order chi connectivity index (χ1) is 11.0. The molecule has 1 atom stereocenters. The van der Waals surface area contributed by atoms with E-state index in [0.29, 0.717) is 17.9 Å². The number of imide groups is 1. The van der Waals surface area contributed by atoms with E-state index in [2.05, 4.69) is 0 Å². The third-order valence-corrected chi connectivity index (χ3v) is 5.10. The van der Waals surface area contributed by atoms with Crippen LogP contribution in [0.1, 0.15) is 33.6 Å². The minimum Gasteiger partial charge on any atom is -0.469 e. The van der Waals surface area contributed by atoms with Gasteiger partial charge in [0.05, 0.1) is 29.6 Å². The van der Waals surface area contributed by atoms with Gasteiger partial charge < -0.3 is 9.57 Å². The molecule has 7 nitrogen and oxygen atoms in total. The Morgan fingerprint density at radius 1 is 1.13 bits per heavy atom. The van der Waals surface area contributed by atoms with Crippen LogP contribution in [0.15, 0.2) is 24.3 Å². The van der Waals surface area contributed by atoms with Gasteiger partial charge in [0.25, 0.3) is 11.8 Å². The lowest BCUT2D eigenvalue weighted by molar-refractivity contribution is -0.239. The number of hydrogen-bond donors (Lipinski definition) is 0. The number of esters is 1. The summed E-state index contributed by atoms with van der Waals surface area (Å²) in [5, 5.41) is 0.482. The summed E-state index contributed by atoms with van der Waals surface area (Å²) in [5.74, 6) is -3.09. The number of nitrogens with zero attached hydrogens (tertiary/aromatic N) is 1. The molecule has 3 aliphatic carbocycles. The van der Waals surface area contributed by atoms with Gasteiger partial charge in [-0.2, -0.15) is 0 Å². The topological polar surface area (TPSA) is 90.0 Å². The van der Waals surface area contributed by atoms with Crippen molar-refractivity contribution in [3.8, 4) is 0 Å². The molecular formula is C16H13NO6. The zero-order valence-corrected chi connectivity index (χ0v) is 12.3. The van der Waals surface area contributed by atoms with Crippen molar-refractivity contribution in [2.45, 2.75) is 12.8 Å². The molecule has 1 heterocycles. The lowest BCUT2D eigenvalue weighted by Gasteiger charge is -2.63. The zero-order chi connectivity index (χ0) is 16.4. The molecule has 1 aromatic carbocycles. The average Bonchev–Trinajstić information content (AvgIpc) is 2.70. The van der Waals surface area contributed by atoms with E-state index in [0.717, 1.165) is 0 Å². The number of fused-ring (bicyclic) bond motifs is 1. The monoisotopic (exact) mass is 315 g/mol. The molecular weight excluding hydrogens is 302 g/mol. The number of hydrogen-bond acceptors (Lipinski definition) is 6. The fourth-order valence-corrected chi connectivity index (χ4v) is 3.81. The van der Waals surface area contributed by atoms with Crippen LogP contribution in [0.2, 0.25) is 0 Å². The van der Waals surface area contributed by atoms with Crippen LogP contribution in [-0.4, -0.2) is 35.9 Å². The van der Waals surface area contributed by atoms with Crippen LogP contribution in [0.25, 0.3) is 0 Å². The van der Waals surface area contributed by atoms with Crippen LogP contribution in [0, 0.1) is 17.3 Å². The fourth-order valence-electron chi connectivity index (χ4n) is 3.81. The van der Waals surface area contributed by atoms with Crippen molar-refractivity contribution in [3.63, 3.8) is 0 Å². The van der Waals surface area contributed by atoms with E-state index < -0.39 is 35.1 Å². The van der Waals surface area contributed by atoms with E-state index >= 15 is 0 Å². The van der Waals surface area contributed by atoms with Gasteiger partial charge in [-0.3, -0.25) is 14.4 Å². The third kappa shape index (κ3) is 1.59. The molecule has 23 heavy (non-hydrogen) atoms. The molecule has 0 aromatic heterocycles. The zero-order valence-electron chi connectivity index (χ0n) is 12.3. The van der Waals surface area contributed by atoms with Crippen molar-refractivity contribution >= 4 is 23.8 Å². The van der Waals surface area contributed by atoms with Gasteiger partial charge in [-0.05, 0) is 30.9 Å². The quantitative estimate of drug-likeness (QED) is 0.609. The van der Waals surface area contributed by atoms with Crippen LogP contribution < -0.4 is 0 Å². The maximum atomic E-state index is 12.3. The Morgan fingerprint density at radius 2 is 1.70 bits per heavy atom. The highest BCUT2D eigenvalue weighted by Crippen LogP contribution is 2.69. The number of hydroxylamine groups is 2. The van der Waals surface area contributed by atoms with E-state index in [1.807, 2.05) is 0 Å². The molecule has 0 N–H and O–H groups in total. The molecule has 5 rings (SSSR count). The largest absolute Gasteiger partial charge is 0.469 e. The number of carbonyl (C=O) groups excluding carboxylic acids is 4. The van der Waals surface area contributed by atoms with Gasteiger partial charge in [0.2, 0.25) is 0 Å². The molecule has 1 aliphatic heterocycles. The molecule has 2 bridgehead atoms. The first-order valence-electron chi connectivity index (χ1n) is 7.27. The van der Waals surface area contributed by atoms with Crippen LogP contribution >= 0.6 is 0 Å². The van der Waals surface area contributed by atoms with Crippen molar-refractivity contribution in [3.05, 3.63) is 35.4 Å². The Morgan fingerprint density at radius 3 is 2.13 bits per heavy atom. The summed E-state index contributed by atoms with van der Waals surface area (Å²) in [5.41, 5.74) is -0.437. The van der Waals surface area contributed by atoms with Crippen molar-refractivity contribution < 1.29 is 28.8 Å². The van der Waals surface area contributed by atoms with E-state index in [-0.39, 0.29) is 17.0 Å². The van der Waals surface area contributed by atoms with Crippen molar-refractivity contribution in [1.29, 1.82) is 0 Å². The summed E-state index contributed by atoms with van der Waals surface area (Å²) in [7, 11) is 1.27. The molecule has 3 fully saturated rings. The Bertz CT molecular complexity index is 729. The fraction of sp³-hybridized carbons (Fsp3) is 0.375. The van der Waals surface area contributed by atoms with Gasteiger partial charge in [0, 0.05) is 0 Å². The maximum absolute atomic E-state index is 12.3. The molecule has 7 heteroatoms. The number of amides is 2. The van der Waals surface area contributed by atoms with Crippen molar-refractivity contribution in [2.24, 2.45) is 17.3 Å². The molecule has 0 saturated heterocycles. The molecule has 0 spiro atoms. The van der Waals surface area contributed by atoms with Crippen LogP contribution in [0.4, 0.5) is 0 Å². The lowest BCUT2D eigenvalue weighted by atomic mass is 9.37. The van der Waals surface area contributed by atoms with Gasteiger partial charge in [0.1, 0.15) is 0 Å². The minimum absolute atomic E-state index is 0.0526. The Labute approximate surface area is 131 Å². The lowest BCUT2D eigenvalue weighted by Crippen LogP contribution is -2.69. The second-order valence-electron chi connectivity index (χ2n) is 6.15. The van der Waals surface area contributed by atoms with Gasteiger partial charge in [-0.1, -0.05) is 17.2 Å². The molecule has 3 saturated carbocycles. The molecule has 2 amide bonds. The van der Waals surface area contributed by atoms with Gasteiger partial charge in [-0.25, -0.2) is 4.79 Å². The maximum Gasteiger partial charge on any atom is 0.337 e. The summed E-state index contributed by atoms with van der Waals surface area (Å²) in [4.78, 5) is 53.5. The molecule has 118 valence electrons. The predicted octanol–water partition coefficient (Wildman–Crippen LogP) is 0.940. The van der Waals surface area contributed by atoms with E-state index in [4.69, 9.17) is 9.57 Å². The summed E-state index contributed by atoms with van der Waals surface area (Å²) >= 11 is 0. The predicted molar refractivity (Wildman–Crippen MR) is 73.7 cm³/mol. The minimum atomic E-state index is -0.838. The summed E-state index contributed by atoms with van der Waals surface area (Å²) in [6.45, 7) is 0. The van der Waals surface area contributed by atoms with Crippen LogP contribution in [0.3, 0.4) is 0 Å². The second-order valence-corrected chi connectivity index (χ2v) is 6.15. The first-order valence-corrected chi connectivity index (χ1v) is 7.27. The average molecular weight is 315 g/mol. The summed E-state index contributed by atoms with van der Waals surface area (Å²) < 4.78 is 4.74. The number of methoxy groups -OCH3 is 1. The van der Waals surface area contributed by atoms with Crippen molar-refractivity contribution in [1.82, 2.24) is 5.06 Å². The van der Waals surface area contributed by atoms with Gasteiger partial charge in [0.15, 0.2) is 0 Å². The van der Waals surface area contributed by atoms with Crippen molar-refractivity contribution in [2.75, 3.05) is 7.11 Å². The Kier molecular flexibility index (Phi) is 2.67. The third-order valence-electron chi connectivity index (χ3n) is 5.10. The summed E-state index contributed by atoms with van der Waals surface area (Å²) in [6.07, 6.45) is 1.17. The SMILES string of the molecule is COC(=O)C12CC(C1)C2C(=O)ON1C(=O)c2ccccc2C1=O. The highest BCUT2D eigenvalue weighted by atomic mass is 16.7. The summed E-state index contributed by atoms with van der Waals surface area (Å²) in [6, 6.07) is 6.26. The Hall–Kier alpha value is -2.70. The second kappa shape index (κ2) is 4.41. The highest BCUT2D eigenvalue weighted by Gasteiger charge is 2.74. The Balaban J connectivity index is 1.52. The number of benzene rings is 1. The number of ether oxygens (including phenoxy) is 1. The van der Waals surface area contributed by atoms with E-state index in [1.165, 1.54) is 19.2 Å². The van der Waals surface area contributed by atoms with E-state index in [9.17, 15) is 19.2 Å². The molecule has 1 unspecified atom stereocenters. The van der Waals surface area contributed by atoms with Crippen LogP contribution in [-0.2, 0) is 19.2 Å². The smallest absolute Gasteiger partial charge is 0.337 e. The van der Waals surface area contributed by atoms with Gasteiger partial charge >= 0.3 is 11.9 Å². The molecule has 0 radical (unpaired) electrons. The first kappa shape index (κ1) is 13.9. The normalized spacial score (nSPS) is 30.2. The highest BCUT2D eigenvalue weighted by molar-refractivity contribution is 6.21.